The highest BCUT2D eigenvalue weighted by molar-refractivity contribution is 5.54. The molecule has 16 heavy (non-hydrogen) atoms. The second kappa shape index (κ2) is 5.35. The van der Waals surface area contributed by atoms with Crippen molar-refractivity contribution < 1.29 is 4.74 Å². The number of ether oxygens (including phenoxy) is 1. The van der Waals surface area contributed by atoms with Crippen molar-refractivity contribution in [1.82, 2.24) is 0 Å². The van der Waals surface area contributed by atoms with Gasteiger partial charge in [-0.3, -0.25) is 0 Å². The normalized spacial score (nSPS) is 23.6. The lowest BCUT2D eigenvalue weighted by atomic mass is 9.96. The zero-order valence-electron chi connectivity index (χ0n) is 10.2. The topological polar surface area (TPSA) is 21.3 Å². The Morgan fingerprint density at radius 2 is 2.19 bits per heavy atom. The Bertz CT molecular complexity index is 337. The molecule has 0 unspecified atom stereocenters. The van der Waals surface area contributed by atoms with Crippen molar-refractivity contribution in [3.63, 3.8) is 0 Å². The number of benzene rings is 1. The standard InChI is InChI=1S/C14H21NO/c1-3-4-9-16-14-10-11(2)15-13-8-6-5-7-12(13)14/h5-8,11,14-15H,3-4,9-10H2,1-2H3/t11-,14+/m1/s1. The number of para-hydroxylation sites is 1. The van der Waals surface area contributed by atoms with Gasteiger partial charge in [-0.25, -0.2) is 0 Å². The average molecular weight is 219 g/mol. The molecule has 0 saturated carbocycles. The highest BCUT2D eigenvalue weighted by Gasteiger charge is 2.23. The molecule has 2 nitrogen and oxygen atoms in total. The Kier molecular flexibility index (Phi) is 3.83. The molecule has 2 atom stereocenters. The quantitative estimate of drug-likeness (QED) is 0.779. The van der Waals surface area contributed by atoms with Crippen molar-refractivity contribution in [2.45, 2.75) is 45.3 Å². The molecule has 0 spiro atoms. The Balaban J connectivity index is 2.07. The third-order valence-electron chi connectivity index (χ3n) is 3.09. The maximum Gasteiger partial charge on any atom is 0.0864 e. The second-order valence-electron chi connectivity index (χ2n) is 4.58. The summed E-state index contributed by atoms with van der Waals surface area (Å²) >= 11 is 0. The van der Waals surface area contributed by atoms with Crippen LogP contribution in [0.2, 0.25) is 0 Å². The van der Waals surface area contributed by atoms with Gasteiger partial charge in [0, 0.05) is 23.9 Å². The molecule has 1 aliphatic heterocycles. The summed E-state index contributed by atoms with van der Waals surface area (Å²) in [4.78, 5) is 0. The van der Waals surface area contributed by atoms with Crippen LogP contribution in [0.15, 0.2) is 24.3 Å². The molecule has 0 aliphatic carbocycles. The van der Waals surface area contributed by atoms with E-state index >= 15 is 0 Å². The number of rotatable bonds is 4. The molecule has 0 aromatic heterocycles. The largest absolute Gasteiger partial charge is 0.382 e. The number of nitrogens with one attached hydrogen (secondary N) is 1. The first kappa shape index (κ1) is 11.5. The minimum Gasteiger partial charge on any atom is -0.382 e. The molecule has 1 heterocycles. The summed E-state index contributed by atoms with van der Waals surface area (Å²) < 4.78 is 5.98. The van der Waals surface area contributed by atoms with Crippen LogP contribution in [0.3, 0.4) is 0 Å². The van der Waals surface area contributed by atoms with E-state index < -0.39 is 0 Å². The fourth-order valence-corrected chi connectivity index (χ4v) is 2.21. The van der Waals surface area contributed by atoms with E-state index in [-0.39, 0.29) is 6.10 Å². The van der Waals surface area contributed by atoms with E-state index in [1.807, 2.05) is 0 Å². The predicted molar refractivity (Wildman–Crippen MR) is 67.7 cm³/mol. The van der Waals surface area contributed by atoms with E-state index in [2.05, 4.69) is 43.4 Å². The van der Waals surface area contributed by atoms with Crippen LogP contribution >= 0.6 is 0 Å². The van der Waals surface area contributed by atoms with Gasteiger partial charge in [0.15, 0.2) is 0 Å². The number of fused-ring (bicyclic) bond motifs is 1. The predicted octanol–water partition coefficient (Wildman–Crippen LogP) is 3.75. The van der Waals surface area contributed by atoms with Crippen LogP contribution in [0.5, 0.6) is 0 Å². The molecule has 0 amide bonds. The minimum absolute atomic E-state index is 0.277. The van der Waals surface area contributed by atoms with Crippen LogP contribution in [0.4, 0.5) is 5.69 Å². The smallest absolute Gasteiger partial charge is 0.0864 e. The summed E-state index contributed by atoms with van der Waals surface area (Å²) in [5.41, 5.74) is 2.56. The first-order chi connectivity index (χ1) is 7.81. The van der Waals surface area contributed by atoms with Crippen molar-refractivity contribution >= 4 is 5.69 Å². The van der Waals surface area contributed by atoms with Gasteiger partial charge in [0.05, 0.1) is 6.10 Å². The van der Waals surface area contributed by atoms with Gasteiger partial charge in [0.2, 0.25) is 0 Å². The van der Waals surface area contributed by atoms with Crippen molar-refractivity contribution in [2.24, 2.45) is 0 Å². The number of hydrogen-bond donors (Lipinski definition) is 1. The number of anilines is 1. The fourth-order valence-electron chi connectivity index (χ4n) is 2.21. The van der Waals surface area contributed by atoms with E-state index in [4.69, 9.17) is 4.74 Å². The van der Waals surface area contributed by atoms with Gasteiger partial charge >= 0.3 is 0 Å². The lowest BCUT2D eigenvalue weighted by molar-refractivity contribution is 0.0401. The van der Waals surface area contributed by atoms with Gasteiger partial charge in [0.1, 0.15) is 0 Å². The molecule has 0 saturated heterocycles. The molecule has 1 aromatic rings. The highest BCUT2D eigenvalue weighted by Crippen LogP contribution is 2.34. The van der Waals surface area contributed by atoms with Gasteiger partial charge in [-0.05, 0) is 25.8 Å². The maximum absolute atomic E-state index is 5.98. The molecule has 0 fully saturated rings. The summed E-state index contributed by atoms with van der Waals surface area (Å²) in [7, 11) is 0. The van der Waals surface area contributed by atoms with Crippen LogP contribution in [0, 0.1) is 0 Å². The summed E-state index contributed by atoms with van der Waals surface area (Å²) in [6, 6.07) is 8.98. The molecule has 88 valence electrons. The van der Waals surface area contributed by atoms with Crippen LogP contribution in [-0.4, -0.2) is 12.6 Å². The van der Waals surface area contributed by atoms with E-state index in [1.54, 1.807) is 0 Å². The van der Waals surface area contributed by atoms with E-state index in [0.29, 0.717) is 6.04 Å². The monoisotopic (exact) mass is 219 g/mol. The zero-order valence-corrected chi connectivity index (χ0v) is 10.2. The van der Waals surface area contributed by atoms with Crippen LogP contribution in [0.25, 0.3) is 0 Å². The summed E-state index contributed by atoms with van der Waals surface area (Å²) in [6.45, 7) is 5.29. The van der Waals surface area contributed by atoms with Gasteiger partial charge < -0.3 is 10.1 Å². The number of hydrogen-bond acceptors (Lipinski definition) is 2. The zero-order chi connectivity index (χ0) is 11.4. The molecule has 2 rings (SSSR count). The molecular weight excluding hydrogens is 198 g/mol. The van der Waals surface area contributed by atoms with E-state index in [0.717, 1.165) is 19.4 Å². The molecule has 0 radical (unpaired) electrons. The SMILES string of the molecule is CCCCO[C@H]1C[C@@H](C)Nc2ccccc21. The number of unbranched alkanes of at least 4 members (excludes halogenated alkanes) is 1. The van der Waals surface area contributed by atoms with Crippen molar-refractivity contribution in [3.8, 4) is 0 Å². The van der Waals surface area contributed by atoms with Crippen LogP contribution in [0.1, 0.15) is 44.8 Å². The third kappa shape index (κ3) is 2.56. The first-order valence-electron chi connectivity index (χ1n) is 6.28. The van der Waals surface area contributed by atoms with Crippen molar-refractivity contribution in [3.05, 3.63) is 29.8 Å². The Morgan fingerprint density at radius 1 is 1.38 bits per heavy atom. The molecule has 1 N–H and O–H groups in total. The summed E-state index contributed by atoms with van der Waals surface area (Å²) in [6.07, 6.45) is 3.70. The van der Waals surface area contributed by atoms with Gasteiger partial charge in [-0.2, -0.15) is 0 Å². The maximum atomic E-state index is 5.98. The lowest BCUT2D eigenvalue weighted by Gasteiger charge is -2.31. The molecule has 1 aromatic carbocycles. The van der Waals surface area contributed by atoms with Crippen LogP contribution in [-0.2, 0) is 4.74 Å². The van der Waals surface area contributed by atoms with E-state index in [9.17, 15) is 0 Å². The van der Waals surface area contributed by atoms with E-state index in [1.165, 1.54) is 17.7 Å². The molecule has 0 bridgehead atoms. The molecule has 1 aliphatic rings. The average Bonchev–Trinajstić information content (AvgIpc) is 2.29. The first-order valence-corrected chi connectivity index (χ1v) is 6.28. The minimum atomic E-state index is 0.277. The Labute approximate surface area is 98.0 Å². The van der Waals surface area contributed by atoms with Crippen LogP contribution < -0.4 is 5.32 Å². The Hall–Kier alpha value is -1.02. The summed E-state index contributed by atoms with van der Waals surface area (Å²) in [5.74, 6) is 0. The third-order valence-corrected chi connectivity index (χ3v) is 3.09. The second-order valence-corrected chi connectivity index (χ2v) is 4.58. The van der Waals surface area contributed by atoms with Crippen molar-refractivity contribution in [1.29, 1.82) is 0 Å². The van der Waals surface area contributed by atoms with Crippen molar-refractivity contribution in [2.75, 3.05) is 11.9 Å². The molecular formula is C14H21NO. The van der Waals surface area contributed by atoms with Gasteiger partial charge in [0.25, 0.3) is 0 Å². The lowest BCUT2D eigenvalue weighted by Crippen LogP contribution is -2.26. The van der Waals surface area contributed by atoms with Gasteiger partial charge in [-0.15, -0.1) is 0 Å². The Morgan fingerprint density at radius 3 is 3.00 bits per heavy atom. The summed E-state index contributed by atoms with van der Waals surface area (Å²) in [5, 5.41) is 3.50. The molecule has 2 heteroatoms. The van der Waals surface area contributed by atoms with Gasteiger partial charge in [-0.1, -0.05) is 31.5 Å². The fraction of sp³-hybridized carbons (Fsp3) is 0.571. The highest BCUT2D eigenvalue weighted by atomic mass is 16.5.